The van der Waals surface area contributed by atoms with Gasteiger partial charge in [0, 0.05) is 48.1 Å². The topological polar surface area (TPSA) is 87.7 Å². The van der Waals surface area contributed by atoms with Gasteiger partial charge in [-0.15, -0.1) is 11.8 Å². The SMILES string of the molecule is O=C(NCC1(Sc2ccccc2)CCOCC1)C(=O)Nc1cc2c3c(c1)CCN3C(=O)CC2. The van der Waals surface area contributed by atoms with Crippen molar-refractivity contribution in [3.05, 3.63) is 53.6 Å². The highest BCUT2D eigenvalue weighted by Crippen LogP contribution is 2.40. The Hall–Kier alpha value is -2.84. The smallest absolute Gasteiger partial charge is 0.313 e. The first-order valence-corrected chi connectivity index (χ1v) is 12.2. The van der Waals surface area contributed by atoms with E-state index in [1.165, 1.54) is 0 Å². The Labute approximate surface area is 197 Å². The molecule has 3 amide bonds. The summed E-state index contributed by atoms with van der Waals surface area (Å²) in [5.41, 5.74) is 3.71. The molecule has 0 aliphatic carbocycles. The van der Waals surface area contributed by atoms with Crippen molar-refractivity contribution in [1.29, 1.82) is 0 Å². The van der Waals surface area contributed by atoms with E-state index in [1.807, 2.05) is 35.2 Å². The van der Waals surface area contributed by atoms with Crippen LogP contribution >= 0.6 is 11.8 Å². The van der Waals surface area contributed by atoms with Gasteiger partial charge in [0.2, 0.25) is 5.91 Å². The Morgan fingerprint density at radius 1 is 1.00 bits per heavy atom. The second-order valence-electron chi connectivity index (χ2n) is 8.79. The van der Waals surface area contributed by atoms with Crippen LogP contribution in [0.3, 0.4) is 0 Å². The number of amides is 3. The minimum Gasteiger partial charge on any atom is -0.381 e. The van der Waals surface area contributed by atoms with E-state index in [4.69, 9.17) is 4.74 Å². The van der Waals surface area contributed by atoms with E-state index < -0.39 is 11.8 Å². The van der Waals surface area contributed by atoms with E-state index in [-0.39, 0.29) is 10.7 Å². The Bertz CT molecular complexity index is 1080. The van der Waals surface area contributed by atoms with Crippen molar-refractivity contribution in [2.45, 2.75) is 41.7 Å². The Morgan fingerprint density at radius 2 is 1.73 bits per heavy atom. The summed E-state index contributed by atoms with van der Waals surface area (Å²) in [5.74, 6) is -1.15. The molecule has 0 unspecified atom stereocenters. The summed E-state index contributed by atoms with van der Waals surface area (Å²) in [6, 6.07) is 13.9. The minimum atomic E-state index is -0.671. The number of hydrogen-bond donors (Lipinski definition) is 2. The number of carbonyl (C=O) groups excluding carboxylic acids is 3. The largest absolute Gasteiger partial charge is 0.381 e. The number of benzene rings is 2. The van der Waals surface area contributed by atoms with Gasteiger partial charge in [-0.25, -0.2) is 0 Å². The number of carbonyl (C=O) groups is 3. The van der Waals surface area contributed by atoms with Crippen molar-refractivity contribution in [1.82, 2.24) is 5.32 Å². The number of nitrogens with one attached hydrogen (secondary N) is 2. The van der Waals surface area contributed by atoms with Crippen LogP contribution in [0.4, 0.5) is 11.4 Å². The zero-order chi connectivity index (χ0) is 22.8. The Kier molecular flexibility index (Phi) is 6.12. The molecule has 2 N–H and O–H groups in total. The lowest BCUT2D eigenvalue weighted by atomic mass is 9.98. The predicted molar refractivity (Wildman–Crippen MR) is 128 cm³/mol. The van der Waals surface area contributed by atoms with Gasteiger partial charge in [0.1, 0.15) is 0 Å². The molecule has 172 valence electrons. The lowest BCUT2D eigenvalue weighted by molar-refractivity contribution is -0.136. The number of thioether (sulfide) groups is 1. The monoisotopic (exact) mass is 465 g/mol. The zero-order valence-corrected chi connectivity index (χ0v) is 19.2. The van der Waals surface area contributed by atoms with Crippen LogP contribution in [0.2, 0.25) is 0 Å². The van der Waals surface area contributed by atoms with E-state index >= 15 is 0 Å². The first-order valence-electron chi connectivity index (χ1n) is 11.4. The number of aryl methyl sites for hydroxylation is 1. The van der Waals surface area contributed by atoms with Gasteiger partial charge < -0.3 is 20.3 Å². The van der Waals surface area contributed by atoms with Gasteiger partial charge in [0.15, 0.2) is 0 Å². The molecule has 2 aromatic carbocycles. The Morgan fingerprint density at radius 3 is 2.48 bits per heavy atom. The summed E-state index contributed by atoms with van der Waals surface area (Å²) in [6.45, 7) is 2.36. The van der Waals surface area contributed by atoms with Crippen LogP contribution in [0.15, 0.2) is 47.4 Å². The highest BCUT2D eigenvalue weighted by molar-refractivity contribution is 8.00. The molecule has 1 saturated heterocycles. The quantitative estimate of drug-likeness (QED) is 0.663. The average molecular weight is 466 g/mol. The van der Waals surface area contributed by atoms with Crippen LogP contribution in [0, 0.1) is 0 Å². The van der Waals surface area contributed by atoms with Gasteiger partial charge in [-0.1, -0.05) is 18.2 Å². The maximum absolute atomic E-state index is 12.7. The normalized spacial score (nSPS) is 18.5. The van der Waals surface area contributed by atoms with Gasteiger partial charge in [0.05, 0.1) is 5.69 Å². The summed E-state index contributed by atoms with van der Waals surface area (Å²) in [4.78, 5) is 40.4. The molecule has 0 saturated carbocycles. The van der Waals surface area contributed by atoms with E-state index in [0.29, 0.717) is 44.8 Å². The van der Waals surface area contributed by atoms with Crippen LogP contribution in [0.25, 0.3) is 0 Å². The fourth-order valence-electron chi connectivity index (χ4n) is 4.84. The molecule has 3 heterocycles. The molecule has 0 bridgehead atoms. The molecule has 7 nitrogen and oxygen atoms in total. The molecule has 0 atom stereocenters. The molecule has 8 heteroatoms. The second kappa shape index (κ2) is 9.19. The van der Waals surface area contributed by atoms with Crippen LogP contribution in [0.5, 0.6) is 0 Å². The van der Waals surface area contributed by atoms with E-state index in [0.717, 1.165) is 41.0 Å². The third kappa shape index (κ3) is 4.63. The van der Waals surface area contributed by atoms with Crippen molar-refractivity contribution < 1.29 is 19.1 Å². The molecule has 1 fully saturated rings. The molecule has 33 heavy (non-hydrogen) atoms. The van der Waals surface area contributed by atoms with Gasteiger partial charge in [-0.3, -0.25) is 14.4 Å². The van der Waals surface area contributed by atoms with E-state index in [2.05, 4.69) is 22.8 Å². The maximum Gasteiger partial charge on any atom is 0.313 e. The lowest BCUT2D eigenvalue weighted by Crippen LogP contribution is -2.47. The van der Waals surface area contributed by atoms with E-state index in [9.17, 15) is 14.4 Å². The van der Waals surface area contributed by atoms with Gasteiger partial charge in [0.25, 0.3) is 0 Å². The molecule has 0 radical (unpaired) electrons. The molecule has 3 aliphatic rings. The average Bonchev–Trinajstić information content (AvgIpc) is 3.26. The van der Waals surface area contributed by atoms with Crippen LogP contribution in [-0.4, -0.2) is 48.8 Å². The van der Waals surface area contributed by atoms with Crippen molar-refractivity contribution >= 4 is 40.9 Å². The summed E-state index contributed by atoms with van der Waals surface area (Å²) < 4.78 is 5.34. The number of rotatable bonds is 5. The molecule has 0 aromatic heterocycles. The van der Waals surface area contributed by atoms with Crippen LogP contribution < -0.4 is 15.5 Å². The Balaban J connectivity index is 1.24. The minimum absolute atomic E-state index is 0.160. The molecule has 0 spiro atoms. The standard InChI is InChI=1S/C25H27N3O4S/c29-21-7-6-17-14-19(15-18-8-11-28(21)22(17)18)27-24(31)23(30)26-16-25(9-12-32-13-10-25)33-20-4-2-1-3-5-20/h1-5,14-15H,6-13,16H2,(H,26,30)(H,27,31). The molecule has 2 aromatic rings. The molecule has 5 rings (SSSR count). The molecular formula is C25H27N3O4S. The van der Waals surface area contributed by atoms with Gasteiger partial charge in [-0.2, -0.15) is 0 Å². The third-order valence-electron chi connectivity index (χ3n) is 6.57. The fraction of sp³-hybridized carbons (Fsp3) is 0.400. The lowest BCUT2D eigenvalue weighted by Gasteiger charge is -2.36. The number of hydrogen-bond acceptors (Lipinski definition) is 5. The summed E-state index contributed by atoms with van der Waals surface area (Å²) in [5, 5.41) is 5.62. The van der Waals surface area contributed by atoms with Crippen molar-refractivity contribution in [2.75, 3.05) is 36.5 Å². The second-order valence-corrected chi connectivity index (χ2v) is 10.3. The zero-order valence-electron chi connectivity index (χ0n) is 18.4. The van der Waals surface area contributed by atoms with Gasteiger partial charge in [-0.05, 0) is 61.1 Å². The highest BCUT2D eigenvalue weighted by Gasteiger charge is 2.35. The maximum atomic E-state index is 12.7. The highest BCUT2D eigenvalue weighted by atomic mass is 32.2. The van der Waals surface area contributed by atoms with Crippen molar-refractivity contribution in [3.63, 3.8) is 0 Å². The summed E-state index contributed by atoms with van der Waals surface area (Å²) in [6.07, 6.45) is 3.52. The first kappa shape index (κ1) is 22.0. The third-order valence-corrected chi connectivity index (χ3v) is 8.06. The van der Waals surface area contributed by atoms with Crippen LogP contribution in [-0.2, 0) is 32.0 Å². The van der Waals surface area contributed by atoms with Gasteiger partial charge >= 0.3 is 11.8 Å². The van der Waals surface area contributed by atoms with Crippen LogP contribution in [0.1, 0.15) is 30.4 Å². The molecular weight excluding hydrogens is 438 g/mol. The fourth-order valence-corrected chi connectivity index (χ4v) is 6.14. The molecule has 3 aliphatic heterocycles. The number of nitrogens with zero attached hydrogens (tertiary/aromatic N) is 1. The summed E-state index contributed by atoms with van der Waals surface area (Å²) >= 11 is 1.74. The van der Waals surface area contributed by atoms with E-state index in [1.54, 1.807) is 11.8 Å². The first-order chi connectivity index (χ1) is 16.0. The summed E-state index contributed by atoms with van der Waals surface area (Å²) in [7, 11) is 0. The predicted octanol–water partition coefficient (Wildman–Crippen LogP) is 2.92. The number of anilines is 2. The number of ether oxygens (including phenoxy) is 1. The van der Waals surface area contributed by atoms with Crippen molar-refractivity contribution in [2.24, 2.45) is 0 Å². The van der Waals surface area contributed by atoms with Crippen molar-refractivity contribution in [3.8, 4) is 0 Å².